The summed E-state index contributed by atoms with van der Waals surface area (Å²) in [5, 5.41) is 13.8. The van der Waals surface area contributed by atoms with Gasteiger partial charge in [0.15, 0.2) is 0 Å². The molecule has 0 saturated carbocycles. The molecule has 4 heteroatoms. The first-order valence-corrected chi connectivity index (χ1v) is 6.11. The number of hydrogen-bond acceptors (Lipinski definition) is 3. The average molecular weight is 255 g/mol. The van der Waals surface area contributed by atoms with Crippen molar-refractivity contribution in [3.63, 3.8) is 0 Å². The first-order valence-electron chi connectivity index (χ1n) is 6.11. The number of hydrogen-bond donors (Lipinski definition) is 0. The van der Waals surface area contributed by atoms with Gasteiger partial charge in [0, 0.05) is 11.8 Å². The summed E-state index contributed by atoms with van der Waals surface area (Å²) in [7, 11) is 1.62. The van der Waals surface area contributed by atoms with Crippen molar-refractivity contribution in [1.29, 1.82) is 5.26 Å². The predicted molar refractivity (Wildman–Crippen MR) is 73.9 cm³/mol. The molecule has 19 heavy (non-hydrogen) atoms. The van der Waals surface area contributed by atoms with E-state index < -0.39 is 0 Å². The van der Waals surface area contributed by atoms with Gasteiger partial charge in [-0.25, -0.2) is 0 Å². The highest BCUT2D eigenvalue weighted by Gasteiger charge is 2.20. The van der Waals surface area contributed by atoms with Gasteiger partial charge in [-0.05, 0) is 32.9 Å². The molecule has 1 aromatic heterocycles. The third kappa shape index (κ3) is 2.45. The Morgan fingerprint density at radius 2 is 1.95 bits per heavy atom. The molecule has 0 fully saturated rings. The normalized spacial score (nSPS) is 11.1. The average Bonchev–Trinajstić information content (AvgIpc) is 2.82. The van der Waals surface area contributed by atoms with Crippen molar-refractivity contribution in [1.82, 2.24) is 9.78 Å². The Balaban J connectivity index is 2.63. The zero-order valence-electron chi connectivity index (χ0n) is 11.6. The molecule has 0 radical (unpaired) electrons. The van der Waals surface area contributed by atoms with E-state index in [2.05, 4.69) is 11.2 Å². The van der Waals surface area contributed by atoms with E-state index in [1.807, 2.05) is 49.7 Å². The molecule has 98 valence electrons. The minimum absolute atomic E-state index is 0.161. The monoisotopic (exact) mass is 255 g/mol. The molecular weight excluding hydrogens is 238 g/mol. The standard InChI is InChI=1S/C15H17N3O/c1-15(2,3)18-10-11(9-16)14(17-18)12-7-5-6-8-13(12)19-4/h5-8,10H,1-4H3. The van der Waals surface area contributed by atoms with Gasteiger partial charge in [-0.2, -0.15) is 10.4 Å². The van der Waals surface area contributed by atoms with Crippen molar-refractivity contribution < 1.29 is 4.74 Å². The maximum Gasteiger partial charge on any atom is 0.128 e. The van der Waals surface area contributed by atoms with Crippen LogP contribution < -0.4 is 4.74 Å². The summed E-state index contributed by atoms with van der Waals surface area (Å²) in [4.78, 5) is 0. The number of methoxy groups -OCH3 is 1. The molecule has 1 aromatic carbocycles. The highest BCUT2D eigenvalue weighted by molar-refractivity contribution is 5.72. The van der Waals surface area contributed by atoms with Crippen molar-refractivity contribution in [2.24, 2.45) is 0 Å². The van der Waals surface area contributed by atoms with Gasteiger partial charge in [0.25, 0.3) is 0 Å². The fourth-order valence-corrected chi connectivity index (χ4v) is 1.84. The van der Waals surface area contributed by atoms with Crippen molar-refractivity contribution in [2.45, 2.75) is 26.3 Å². The Hall–Kier alpha value is -2.28. The molecule has 4 nitrogen and oxygen atoms in total. The first kappa shape index (κ1) is 13.2. The number of nitrogens with zero attached hydrogens (tertiary/aromatic N) is 3. The molecule has 0 aliphatic heterocycles. The zero-order valence-corrected chi connectivity index (χ0v) is 11.6. The number of para-hydroxylation sites is 1. The quantitative estimate of drug-likeness (QED) is 0.828. The summed E-state index contributed by atoms with van der Waals surface area (Å²) in [5.74, 6) is 0.721. The second-order valence-corrected chi connectivity index (χ2v) is 5.32. The molecule has 0 spiro atoms. The fraction of sp³-hybridized carbons (Fsp3) is 0.333. The fourth-order valence-electron chi connectivity index (χ4n) is 1.84. The number of aromatic nitrogens is 2. The Kier molecular flexibility index (Phi) is 3.30. The molecule has 2 aromatic rings. The highest BCUT2D eigenvalue weighted by Crippen LogP contribution is 2.31. The van der Waals surface area contributed by atoms with E-state index in [0.717, 1.165) is 11.3 Å². The van der Waals surface area contributed by atoms with Crippen molar-refractivity contribution in [2.75, 3.05) is 7.11 Å². The number of nitriles is 1. The lowest BCUT2D eigenvalue weighted by Gasteiger charge is -2.18. The van der Waals surface area contributed by atoms with Crippen LogP contribution in [0, 0.1) is 11.3 Å². The van der Waals surface area contributed by atoms with E-state index in [1.165, 1.54) is 0 Å². The van der Waals surface area contributed by atoms with Gasteiger partial charge in [0.1, 0.15) is 17.5 Å². The van der Waals surface area contributed by atoms with Gasteiger partial charge in [-0.3, -0.25) is 4.68 Å². The Bertz CT molecular complexity index is 630. The van der Waals surface area contributed by atoms with E-state index in [4.69, 9.17) is 4.74 Å². The van der Waals surface area contributed by atoms with E-state index in [0.29, 0.717) is 11.3 Å². The van der Waals surface area contributed by atoms with Gasteiger partial charge in [-0.15, -0.1) is 0 Å². The summed E-state index contributed by atoms with van der Waals surface area (Å²) < 4.78 is 7.15. The van der Waals surface area contributed by atoms with Gasteiger partial charge < -0.3 is 4.74 Å². The van der Waals surface area contributed by atoms with E-state index >= 15 is 0 Å². The molecular formula is C15H17N3O. The molecule has 0 aliphatic carbocycles. The molecule has 0 unspecified atom stereocenters. The minimum atomic E-state index is -0.161. The van der Waals surface area contributed by atoms with E-state index in [9.17, 15) is 5.26 Å². The highest BCUT2D eigenvalue weighted by atomic mass is 16.5. The third-order valence-electron chi connectivity index (χ3n) is 2.88. The summed E-state index contributed by atoms with van der Waals surface area (Å²) in [6.07, 6.45) is 1.78. The summed E-state index contributed by atoms with van der Waals surface area (Å²) >= 11 is 0. The Labute approximate surface area is 113 Å². The van der Waals surface area contributed by atoms with Crippen molar-refractivity contribution in [3.05, 3.63) is 36.0 Å². The first-order chi connectivity index (χ1) is 8.97. The van der Waals surface area contributed by atoms with Gasteiger partial charge in [-0.1, -0.05) is 12.1 Å². The van der Waals surface area contributed by atoms with Crippen molar-refractivity contribution >= 4 is 0 Å². The molecule has 0 bridgehead atoms. The predicted octanol–water partition coefficient (Wildman–Crippen LogP) is 3.19. The lowest BCUT2D eigenvalue weighted by Crippen LogP contribution is -2.22. The van der Waals surface area contributed by atoms with Gasteiger partial charge in [0.05, 0.1) is 18.2 Å². The molecule has 0 atom stereocenters. The Morgan fingerprint density at radius 1 is 1.26 bits per heavy atom. The summed E-state index contributed by atoms with van der Waals surface area (Å²) in [5.41, 5.74) is 1.89. The van der Waals surface area contributed by atoms with Crippen LogP contribution in [0.1, 0.15) is 26.3 Å². The number of ether oxygens (including phenoxy) is 1. The second-order valence-electron chi connectivity index (χ2n) is 5.32. The molecule has 0 aliphatic rings. The van der Waals surface area contributed by atoms with E-state index in [1.54, 1.807) is 13.3 Å². The molecule has 0 saturated heterocycles. The number of rotatable bonds is 2. The van der Waals surface area contributed by atoms with E-state index in [-0.39, 0.29) is 5.54 Å². The van der Waals surface area contributed by atoms with Crippen LogP contribution in [0.2, 0.25) is 0 Å². The van der Waals surface area contributed by atoms with Crippen LogP contribution in [-0.2, 0) is 5.54 Å². The summed E-state index contributed by atoms with van der Waals surface area (Å²) in [6.45, 7) is 6.15. The van der Waals surface area contributed by atoms with Crippen LogP contribution in [0.4, 0.5) is 0 Å². The SMILES string of the molecule is COc1ccccc1-c1nn(C(C)(C)C)cc1C#N. The smallest absolute Gasteiger partial charge is 0.128 e. The lowest BCUT2D eigenvalue weighted by atomic mass is 10.1. The van der Waals surface area contributed by atoms with Crippen LogP contribution in [0.5, 0.6) is 5.75 Å². The molecule has 1 heterocycles. The number of benzene rings is 1. The van der Waals surface area contributed by atoms with Crippen LogP contribution in [-0.4, -0.2) is 16.9 Å². The lowest BCUT2D eigenvalue weighted by molar-refractivity contribution is 0.356. The summed E-state index contributed by atoms with van der Waals surface area (Å²) in [6, 6.07) is 9.79. The minimum Gasteiger partial charge on any atom is -0.496 e. The Morgan fingerprint density at radius 3 is 2.53 bits per heavy atom. The molecule has 0 N–H and O–H groups in total. The third-order valence-corrected chi connectivity index (χ3v) is 2.88. The van der Waals surface area contributed by atoms with Gasteiger partial charge >= 0.3 is 0 Å². The van der Waals surface area contributed by atoms with Crippen LogP contribution in [0.25, 0.3) is 11.3 Å². The van der Waals surface area contributed by atoms with Crippen molar-refractivity contribution in [3.8, 4) is 23.1 Å². The van der Waals surface area contributed by atoms with Crippen LogP contribution in [0.15, 0.2) is 30.5 Å². The topological polar surface area (TPSA) is 50.8 Å². The molecule has 2 rings (SSSR count). The molecule has 0 amide bonds. The second kappa shape index (κ2) is 4.77. The van der Waals surface area contributed by atoms with Crippen LogP contribution in [0.3, 0.4) is 0 Å². The largest absolute Gasteiger partial charge is 0.496 e. The van der Waals surface area contributed by atoms with Gasteiger partial charge in [0.2, 0.25) is 0 Å². The maximum absolute atomic E-state index is 9.28. The zero-order chi connectivity index (χ0) is 14.0. The maximum atomic E-state index is 9.28. The van der Waals surface area contributed by atoms with Crippen LogP contribution >= 0.6 is 0 Å².